The zero-order valence-electron chi connectivity index (χ0n) is 18.8. The molecule has 0 saturated carbocycles. The third-order valence-electron chi connectivity index (χ3n) is 3.49. The molecule has 1 aromatic carbocycles. The molecule has 3 heteroatoms. The molecule has 1 aromatic heterocycles. The number of unbranched alkanes of at least 4 members (excludes halogenated alkanes) is 1. The van der Waals surface area contributed by atoms with Crippen LogP contribution in [0.2, 0.25) is 0 Å². The molecule has 0 spiro atoms. The lowest BCUT2D eigenvalue weighted by Gasteiger charge is -2.09. The first-order valence-corrected chi connectivity index (χ1v) is 10.5. The summed E-state index contributed by atoms with van der Waals surface area (Å²) in [6.45, 7) is 17.7. The monoisotopic (exact) mass is 361 g/mol. The number of anilines is 1. The Morgan fingerprint density at radius 2 is 1.50 bits per heavy atom. The normalized spacial score (nSPS) is 8.96. The maximum atomic E-state index is 4.47. The molecule has 0 saturated heterocycles. The van der Waals surface area contributed by atoms with Crippen LogP contribution in [0.25, 0.3) is 11.3 Å². The summed E-state index contributed by atoms with van der Waals surface area (Å²) in [5.41, 5.74) is 4.76. The molecule has 0 bridgehead atoms. The maximum absolute atomic E-state index is 4.47. The van der Waals surface area contributed by atoms with Crippen LogP contribution >= 0.6 is 0 Å². The minimum Gasteiger partial charge on any atom is -0.385 e. The summed E-state index contributed by atoms with van der Waals surface area (Å²) in [4.78, 5) is 0. The van der Waals surface area contributed by atoms with Crippen LogP contribution in [0.15, 0.2) is 30.5 Å². The molecule has 2 rings (SSSR count). The molecule has 3 nitrogen and oxygen atoms in total. The molecule has 0 atom stereocenters. The standard InChI is InChI=1S/C15H21N3.C4H10.2C2H6/c1-4-7-16-14-10-12(5-2)9-13(11-14)15-6-8-18(3)17-15;1-3-4-2;2*1-2/h6,8-11,16H,4-5,7H2,1-3H3;3-4H2,1-2H3;2*1-2H3. The predicted molar refractivity (Wildman–Crippen MR) is 120 cm³/mol. The minimum atomic E-state index is 1.01. The van der Waals surface area contributed by atoms with Gasteiger partial charge in [-0.3, -0.25) is 4.68 Å². The smallest absolute Gasteiger partial charge is 0.0923 e. The topological polar surface area (TPSA) is 29.9 Å². The molecule has 0 aliphatic carbocycles. The van der Waals surface area contributed by atoms with Crippen molar-refractivity contribution < 1.29 is 0 Å². The van der Waals surface area contributed by atoms with E-state index in [1.807, 2.05) is 45.6 Å². The van der Waals surface area contributed by atoms with Crippen molar-refractivity contribution in [1.29, 1.82) is 0 Å². The van der Waals surface area contributed by atoms with E-state index < -0.39 is 0 Å². The van der Waals surface area contributed by atoms with Gasteiger partial charge in [-0.25, -0.2) is 0 Å². The molecule has 0 aliphatic rings. The van der Waals surface area contributed by atoms with Crippen molar-refractivity contribution in [3.63, 3.8) is 0 Å². The van der Waals surface area contributed by atoms with Crippen molar-refractivity contribution in [2.75, 3.05) is 11.9 Å². The number of hydrogen-bond acceptors (Lipinski definition) is 2. The van der Waals surface area contributed by atoms with E-state index >= 15 is 0 Å². The van der Waals surface area contributed by atoms with Crippen LogP contribution in [0, 0.1) is 0 Å². The molecule has 2 aromatic rings. The lowest BCUT2D eigenvalue weighted by Crippen LogP contribution is -2.00. The lowest BCUT2D eigenvalue weighted by molar-refractivity contribution is 0.771. The molecule has 150 valence electrons. The highest BCUT2D eigenvalue weighted by atomic mass is 15.2. The Morgan fingerprint density at radius 1 is 0.885 bits per heavy atom. The lowest BCUT2D eigenvalue weighted by atomic mass is 10.0. The fourth-order valence-electron chi connectivity index (χ4n) is 1.98. The average molecular weight is 362 g/mol. The van der Waals surface area contributed by atoms with Gasteiger partial charge in [0.1, 0.15) is 0 Å². The third-order valence-corrected chi connectivity index (χ3v) is 3.49. The fraction of sp³-hybridized carbons (Fsp3) is 0.609. The first-order valence-electron chi connectivity index (χ1n) is 10.5. The summed E-state index contributed by atoms with van der Waals surface area (Å²) in [5.74, 6) is 0. The van der Waals surface area contributed by atoms with Crippen molar-refractivity contribution in [1.82, 2.24) is 9.78 Å². The van der Waals surface area contributed by atoms with Crippen molar-refractivity contribution in [2.24, 2.45) is 7.05 Å². The van der Waals surface area contributed by atoms with E-state index in [0.717, 1.165) is 25.1 Å². The summed E-state index contributed by atoms with van der Waals surface area (Å²) in [5, 5.41) is 7.92. The number of aromatic nitrogens is 2. The van der Waals surface area contributed by atoms with Crippen LogP contribution in [-0.2, 0) is 13.5 Å². The number of nitrogens with zero attached hydrogens (tertiary/aromatic N) is 2. The molecule has 0 aliphatic heterocycles. The Labute approximate surface area is 163 Å². The quantitative estimate of drug-likeness (QED) is 0.583. The minimum absolute atomic E-state index is 1.01. The largest absolute Gasteiger partial charge is 0.385 e. The van der Waals surface area contributed by atoms with E-state index in [4.69, 9.17) is 0 Å². The molecule has 0 unspecified atom stereocenters. The number of benzene rings is 1. The first kappa shape index (κ1) is 26.5. The van der Waals surface area contributed by atoms with Crippen LogP contribution in [-0.4, -0.2) is 16.3 Å². The van der Waals surface area contributed by atoms with E-state index in [9.17, 15) is 0 Å². The van der Waals surface area contributed by atoms with Crippen LogP contribution < -0.4 is 5.32 Å². The fourth-order valence-corrected chi connectivity index (χ4v) is 1.98. The number of hydrogen-bond donors (Lipinski definition) is 1. The van der Waals surface area contributed by atoms with Gasteiger partial charge in [0.05, 0.1) is 5.69 Å². The number of rotatable bonds is 6. The zero-order chi connectivity index (χ0) is 20.4. The first-order chi connectivity index (χ1) is 12.6. The predicted octanol–water partition coefficient (Wildman–Crippen LogP) is 7.33. The van der Waals surface area contributed by atoms with Gasteiger partial charge in [0.2, 0.25) is 0 Å². The summed E-state index contributed by atoms with van der Waals surface area (Å²) >= 11 is 0. The van der Waals surface area contributed by atoms with Gasteiger partial charge in [-0.2, -0.15) is 5.10 Å². The second-order valence-corrected chi connectivity index (χ2v) is 5.57. The van der Waals surface area contributed by atoms with Gasteiger partial charge in [-0.1, -0.05) is 68.2 Å². The summed E-state index contributed by atoms with van der Waals surface area (Å²) in [6, 6.07) is 8.68. The summed E-state index contributed by atoms with van der Waals surface area (Å²) < 4.78 is 1.84. The highest BCUT2D eigenvalue weighted by molar-refractivity contribution is 5.66. The van der Waals surface area contributed by atoms with Crippen LogP contribution in [0.3, 0.4) is 0 Å². The maximum Gasteiger partial charge on any atom is 0.0923 e. The van der Waals surface area contributed by atoms with Gasteiger partial charge in [0, 0.05) is 31.0 Å². The molecule has 0 amide bonds. The van der Waals surface area contributed by atoms with E-state index in [0.29, 0.717) is 0 Å². The van der Waals surface area contributed by atoms with Gasteiger partial charge in [0.15, 0.2) is 0 Å². The summed E-state index contributed by atoms with van der Waals surface area (Å²) in [6.07, 6.45) is 6.80. The Kier molecular flexibility index (Phi) is 18.4. The Hall–Kier alpha value is -1.77. The number of nitrogens with one attached hydrogen (secondary N) is 1. The van der Waals surface area contributed by atoms with Crippen LogP contribution in [0.4, 0.5) is 5.69 Å². The molecule has 0 fully saturated rings. The zero-order valence-corrected chi connectivity index (χ0v) is 18.8. The SMILES string of the molecule is CC.CC.CCCC.CCCNc1cc(CC)cc(-c2ccn(C)n2)c1. The molecular formula is C23H43N3. The van der Waals surface area contributed by atoms with Gasteiger partial charge in [-0.05, 0) is 42.7 Å². The average Bonchev–Trinajstić information content (AvgIpc) is 3.15. The van der Waals surface area contributed by atoms with Crippen molar-refractivity contribution in [3.8, 4) is 11.3 Å². The second-order valence-electron chi connectivity index (χ2n) is 5.57. The van der Waals surface area contributed by atoms with Crippen LogP contribution in [0.1, 0.15) is 80.2 Å². The molecular weight excluding hydrogens is 318 g/mol. The van der Waals surface area contributed by atoms with Crippen molar-refractivity contribution in [3.05, 3.63) is 36.0 Å². The molecule has 0 radical (unpaired) electrons. The highest BCUT2D eigenvalue weighted by Gasteiger charge is 2.05. The van der Waals surface area contributed by atoms with E-state index in [1.54, 1.807) is 0 Å². The Morgan fingerprint density at radius 3 is 1.92 bits per heavy atom. The van der Waals surface area contributed by atoms with Gasteiger partial charge in [0.25, 0.3) is 0 Å². The molecule has 1 N–H and O–H groups in total. The molecule has 1 heterocycles. The summed E-state index contributed by atoms with van der Waals surface area (Å²) in [7, 11) is 1.95. The highest BCUT2D eigenvalue weighted by Crippen LogP contribution is 2.23. The second kappa shape index (κ2) is 18.0. The van der Waals surface area contributed by atoms with Gasteiger partial charge in [-0.15, -0.1) is 0 Å². The van der Waals surface area contributed by atoms with E-state index in [2.05, 4.69) is 62.4 Å². The third kappa shape index (κ3) is 11.0. The number of aryl methyl sites for hydroxylation is 2. The van der Waals surface area contributed by atoms with Crippen molar-refractivity contribution in [2.45, 2.75) is 81.1 Å². The molecule has 26 heavy (non-hydrogen) atoms. The van der Waals surface area contributed by atoms with Gasteiger partial charge < -0.3 is 5.32 Å². The van der Waals surface area contributed by atoms with Gasteiger partial charge >= 0.3 is 0 Å². The van der Waals surface area contributed by atoms with E-state index in [1.165, 1.54) is 29.7 Å². The van der Waals surface area contributed by atoms with Crippen molar-refractivity contribution >= 4 is 5.69 Å². The van der Waals surface area contributed by atoms with Crippen LogP contribution in [0.5, 0.6) is 0 Å². The van der Waals surface area contributed by atoms with E-state index in [-0.39, 0.29) is 0 Å². The Balaban J connectivity index is 0. The Bertz CT molecular complexity index is 542.